The first-order valence-corrected chi connectivity index (χ1v) is 9.14. The molecule has 6 heteroatoms. The van der Waals surface area contributed by atoms with Crippen molar-refractivity contribution in [1.29, 1.82) is 0 Å². The van der Waals surface area contributed by atoms with E-state index in [1.807, 2.05) is 43.1 Å². The Bertz CT molecular complexity index is 798. The van der Waals surface area contributed by atoms with Crippen LogP contribution in [0, 0.1) is 0 Å². The minimum Gasteiger partial charge on any atom is -0.361 e. The largest absolute Gasteiger partial charge is 0.361 e. The minimum absolute atomic E-state index is 0.126. The van der Waals surface area contributed by atoms with E-state index in [0.717, 1.165) is 29.3 Å². The predicted octanol–water partition coefficient (Wildman–Crippen LogP) is 3.46. The number of hydrogen-bond donors (Lipinski definition) is 1. The molecule has 0 saturated carbocycles. The lowest BCUT2D eigenvalue weighted by Crippen LogP contribution is -2.51. The molecule has 0 radical (unpaired) electrons. The van der Waals surface area contributed by atoms with Crippen LogP contribution in [0.15, 0.2) is 24.4 Å². The Morgan fingerprint density at radius 1 is 1.24 bits per heavy atom. The number of amides is 1. The maximum absolute atomic E-state index is 13.2. The van der Waals surface area contributed by atoms with E-state index in [2.05, 4.69) is 4.98 Å². The lowest BCUT2D eigenvalue weighted by Gasteiger charge is -2.40. The summed E-state index contributed by atoms with van der Waals surface area (Å²) in [6.45, 7) is 6.57. The number of rotatable bonds is 2. The number of carbonyl (C=O) groups excluding carboxylic acids is 1. The van der Waals surface area contributed by atoms with Gasteiger partial charge in [0, 0.05) is 48.1 Å². The third kappa shape index (κ3) is 2.84. The van der Waals surface area contributed by atoms with E-state index in [1.54, 1.807) is 0 Å². The third-order valence-corrected chi connectivity index (χ3v) is 5.71. The average Bonchev–Trinajstić information content (AvgIpc) is 3.22. The number of hydrogen-bond acceptors (Lipinski definition) is 3. The number of aromatic nitrogens is 1. The Morgan fingerprint density at radius 2 is 1.92 bits per heavy atom. The fourth-order valence-electron chi connectivity index (χ4n) is 3.96. The van der Waals surface area contributed by atoms with Gasteiger partial charge in [-0.3, -0.25) is 4.79 Å². The number of carbonyl (C=O) groups is 1. The van der Waals surface area contributed by atoms with Crippen molar-refractivity contribution in [3.8, 4) is 0 Å². The molecule has 2 aromatic rings. The van der Waals surface area contributed by atoms with Gasteiger partial charge in [0.25, 0.3) is 0 Å². The molecule has 2 saturated heterocycles. The molecule has 1 spiro atoms. The van der Waals surface area contributed by atoms with Gasteiger partial charge in [0.1, 0.15) is 0 Å². The highest BCUT2D eigenvalue weighted by Crippen LogP contribution is 2.36. The van der Waals surface area contributed by atoms with E-state index >= 15 is 0 Å². The van der Waals surface area contributed by atoms with Crippen LogP contribution in [0.5, 0.6) is 0 Å². The molecule has 4 rings (SSSR count). The number of halogens is 1. The molecule has 2 aliphatic heterocycles. The Morgan fingerprint density at radius 3 is 2.60 bits per heavy atom. The van der Waals surface area contributed by atoms with Crippen molar-refractivity contribution in [3.05, 3.63) is 35.0 Å². The van der Waals surface area contributed by atoms with Crippen LogP contribution in [-0.2, 0) is 19.7 Å². The molecule has 1 aromatic heterocycles. The van der Waals surface area contributed by atoms with Crippen LogP contribution >= 0.6 is 11.6 Å². The number of benzene rings is 1. The maximum Gasteiger partial charge on any atom is 0.232 e. The van der Waals surface area contributed by atoms with Gasteiger partial charge in [-0.05, 0) is 37.6 Å². The molecule has 3 heterocycles. The summed E-state index contributed by atoms with van der Waals surface area (Å²) in [5.74, 6) is -0.337. The summed E-state index contributed by atoms with van der Waals surface area (Å²) in [6.07, 6.45) is 3.39. The van der Waals surface area contributed by atoms with E-state index in [4.69, 9.17) is 21.1 Å². The van der Waals surface area contributed by atoms with Crippen molar-refractivity contribution in [2.45, 2.75) is 37.9 Å². The second-order valence-electron chi connectivity index (χ2n) is 7.42. The Hall–Kier alpha value is -1.56. The topological polar surface area (TPSA) is 54.6 Å². The molecule has 1 amide bonds. The van der Waals surface area contributed by atoms with Crippen LogP contribution in [-0.4, -0.2) is 47.9 Å². The van der Waals surface area contributed by atoms with Crippen LogP contribution in [0.3, 0.4) is 0 Å². The van der Waals surface area contributed by atoms with E-state index in [0.29, 0.717) is 31.3 Å². The second kappa shape index (κ2) is 6.01. The Balaban J connectivity index is 1.57. The normalized spacial score (nSPS) is 20.5. The second-order valence-corrected chi connectivity index (χ2v) is 7.85. The summed E-state index contributed by atoms with van der Waals surface area (Å²) in [4.78, 5) is 18.4. The summed E-state index contributed by atoms with van der Waals surface area (Å²) in [5.41, 5.74) is 1.33. The molecule has 5 nitrogen and oxygen atoms in total. The lowest BCUT2D eigenvalue weighted by atomic mass is 9.82. The maximum atomic E-state index is 13.2. The highest BCUT2D eigenvalue weighted by atomic mass is 35.5. The van der Waals surface area contributed by atoms with Crippen molar-refractivity contribution in [2.75, 3.05) is 26.3 Å². The van der Waals surface area contributed by atoms with Gasteiger partial charge >= 0.3 is 0 Å². The van der Waals surface area contributed by atoms with E-state index in [1.165, 1.54) is 0 Å². The summed E-state index contributed by atoms with van der Waals surface area (Å²) >= 11 is 6.16. The number of nitrogens with zero attached hydrogens (tertiary/aromatic N) is 1. The van der Waals surface area contributed by atoms with Gasteiger partial charge in [0.15, 0.2) is 5.79 Å². The standard InChI is InChI=1S/C19H23ClN2O3/c1-18(2,15-12-21-16-4-3-13(20)11-14(15)16)17(23)22-7-5-19(6-8-22)24-9-10-25-19/h3-4,11-12,21H,5-10H2,1-2H3. The van der Waals surface area contributed by atoms with Crippen LogP contribution in [0.2, 0.25) is 5.02 Å². The molecule has 134 valence electrons. The number of fused-ring (bicyclic) bond motifs is 1. The van der Waals surface area contributed by atoms with Crippen molar-refractivity contribution in [2.24, 2.45) is 0 Å². The highest BCUT2D eigenvalue weighted by molar-refractivity contribution is 6.31. The first-order valence-electron chi connectivity index (χ1n) is 8.76. The van der Waals surface area contributed by atoms with Gasteiger partial charge < -0.3 is 19.4 Å². The summed E-state index contributed by atoms with van der Waals surface area (Å²) in [7, 11) is 0. The molecule has 0 unspecified atom stereocenters. The van der Waals surface area contributed by atoms with E-state index in [9.17, 15) is 4.79 Å². The molecule has 25 heavy (non-hydrogen) atoms. The Labute approximate surface area is 152 Å². The van der Waals surface area contributed by atoms with Crippen LogP contribution < -0.4 is 0 Å². The predicted molar refractivity (Wildman–Crippen MR) is 96.8 cm³/mol. The van der Waals surface area contributed by atoms with Crippen LogP contribution in [0.1, 0.15) is 32.3 Å². The molecular formula is C19H23ClN2O3. The number of H-pyrrole nitrogens is 1. The minimum atomic E-state index is -0.634. The fraction of sp³-hybridized carbons (Fsp3) is 0.526. The summed E-state index contributed by atoms with van der Waals surface area (Å²) < 4.78 is 11.5. The number of nitrogens with one attached hydrogen (secondary N) is 1. The van der Waals surface area contributed by atoms with Gasteiger partial charge in [0.05, 0.1) is 18.6 Å². The van der Waals surface area contributed by atoms with Crippen molar-refractivity contribution < 1.29 is 14.3 Å². The molecule has 1 N–H and O–H groups in total. The molecule has 0 aliphatic carbocycles. The zero-order chi connectivity index (χ0) is 17.7. The monoisotopic (exact) mass is 362 g/mol. The molecule has 0 bridgehead atoms. The summed E-state index contributed by atoms with van der Waals surface area (Å²) in [5, 5.41) is 1.67. The number of aromatic amines is 1. The quantitative estimate of drug-likeness (QED) is 0.890. The average molecular weight is 363 g/mol. The van der Waals surface area contributed by atoms with Crippen LogP contribution in [0.4, 0.5) is 0 Å². The van der Waals surface area contributed by atoms with E-state index < -0.39 is 11.2 Å². The highest BCUT2D eigenvalue weighted by Gasteiger charge is 2.43. The zero-order valence-corrected chi connectivity index (χ0v) is 15.4. The van der Waals surface area contributed by atoms with Gasteiger partial charge in [-0.1, -0.05) is 11.6 Å². The lowest BCUT2D eigenvalue weighted by molar-refractivity contribution is -0.188. The van der Waals surface area contributed by atoms with Crippen molar-refractivity contribution >= 4 is 28.4 Å². The van der Waals surface area contributed by atoms with Gasteiger partial charge in [0.2, 0.25) is 5.91 Å². The van der Waals surface area contributed by atoms with Gasteiger partial charge in [-0.2, -0.15) is 0 Å². The fourth-order valence-corrected chi connectivity index (χ4v) is 4.13. The Kier molecular flexibility index (Phi) is 4.06. The molecule has 2 aliphatic rings. The van der Waals surface area contributed by atoms with Gasteiger partial charge in [-0.15, -0.1) is 0 Å². The summed E-state index contributed by atoms with van der Waals surface area (Å²) in [6, 6.07) is 5.72. The van der Waals surface area contributed by atoms with Crippen molar-refractivity contribution in [3.63, 3.8) is 0 Å². The van der Waals surface area contributed by atoms with Gasteiger partial charge in [-0.25, -0.2) is 0 Å². The van der Waals surface area contributed by atoms with E-state index in [-0.39, 0.29) is 5.91 Å². The first kappa shape index (κ1) is 16.9. The molecular weight excluding hydrogens is 340 g/mol. The first-order chi connectivity index (χ1) is 11.9. The van der Waals surface area contributed by atoms with Crippen LogP contribution in [0.25, 0.3) is 10.9 Å². The number of likely N-dealkylation sites (tertiary alicyclic amines) is 1. The number of piperidine rings is 1. The molecule has 1 aromatic carbocycles. The van der Waals surface area contributed by atoms with Crippen molar-refractivity contribution in [1.82, 2.24) is 9.88 Å². The zero-order valence-electron chi connectivity index (χ0n) is 14.6. The number of ether oxygens (including phenoxy) is 2. The molecule has 2 fully saturated rings. The SMILES string of the molecule is CC(C)(C(=O)N1CCC2(CC1)OCCO2)c1c[nH]c2ccc(Cl)cc12. The smallest absolute Gasteiger partial charge is 0.232 e. The molecule has 0 atom stereocenters. The third-order valence-electron chi connectivity index (χ3n) is 5.48.